The van der Waals surface area contributed by atoms with Crippen LogP contribution in [0.15, 0.2) is 77.7 Å². The number of aromatic carboxylic acids is 1. The van der Waals surface area contributed by atoms with Gasteiger partial charge in [0.1, 0.15) is 0 Å². The van der Waals surface area contributed by atoms with Crippen LogP contribution in [0.25, 0.3) is 0 Å². The maximum atomic E-state index is 12.9. The molecule has 0 amide bonds. The van der Waals surface area contributed by atoms with E-state index in [4.69, 9.17) is 5.11 Å². The molecule has 0 aromatic heterocycles. The van der Waals surface area contributed by atoms with Gasteiger partial charge in [-0.2, -0.15) is 13.2 Å². The summed E-state index contributed by atoms with van der Waals surface area (Å²) in [5.74, 6) is -1.05. The second-order valence-corrected chi connectivity index (χ2v) is 8.48. The first-order valence-corrected chi connectivity index (χ1v) is 10.6. The van der Waals surface area contributed by atoms with Crippen molar-refractivity contribution in [1.82, 2.24) is 0 Å². The van der Waals surface area contributed by atoms with Gasteiger partial charge in [-0.1, -0.05) is 36.4 Å². The van der Waals surface area contributed by atoms with Crippen LogP contribution in [-0.4, -0.2) is 19.5 Å². The number of alkyl halides is 3. The SMILES string of the molecule is O=C(O)c1cccc(CCc2ccccc2NS(=O)(=O)c2cccc(C(F)(F)F)c2)c1. The average Bonchev–Trinajstić information content (AvgIpc) is 2.72. The van der Waals surface area contributed by atoms with Gasteiger partial charge in [-0.05, 0) is 60.4 Å². The lowest BCUT2D eigenvalue weighted by Gasteiger charge is -2.14. The van der Waals surface area contributed by atoms with Crippen molar-refractivity contribution in [2.75, 3.05) is 4.72 Å². The molecule has 0 spiro atoms. The molecule has 3 aromatic rings. The summed E-state index contributed by atoms with van der Waals surface area (Å²) in [5, 5.41) is 9.10. The van der Waals surface area contributed by atoms with Crippen LogP contribution in [0.5, 0.6) is 0 Å². The molecule has 9 heteroatoms. The molecule has 3 aromatic carbocycles. The van der Waals surface area contributed by atoms with E-state index < -0.39 is 32.6 Å². The Kier molecular flexibility index (Phi) is 6.35. The fourth-order valence-corrected chi connectivity index (χ4v) is 4.17. The molecule has 0 saturated heterocycles. The average molecular weight is 449 g/mol. The summed E-state index contributed by atoms with van der Waals surface area (Å²) >= 11 is 0. The lowest BCUT2D eigenvalue weighted by molar-refractivity contribution is -0.137. The van der Waals surface area contributed by atoms with Gasteiger partial charge in [0.2, 0.25) is 0 Å². The number of carboxylic acids is 1. The number of para-hydroxylation sites is 1. The summed E-state index contributed by atoms with van der Waals surface area (Å²) in [4.78, 5) is 10.6. The molecular formula is C22H18F3NO4S. The standard InChI is InChI=1S/C22H18F3NO4S/c23-22(24,25)18-8-4-9-19(14-18)31(29,30)26-20-10-2-1-6-16(20)12-11-15-5-3-7-17(13-15)21(27)28/h1-10,13-14,26H,11-12H2,(H,27,28). The smallest absolute Gasteiger partial charge is 0.416 e. The van der Waals surface area contributed by atoms with Crippen molar-refractivity contribution in [3.05, 3.63) is 95.1 Å². The van der Waals surface area contributed by atoms with E-state index in [0.717, 1.165) is 23.8 Å². The number of nitrogens with one attached hydrogen (secondary N) is 1. The van der Waals surface area contributed by atoms with E-state index >= 15 is 0 Å². The van der Waals surface area contributed by atoms with Gasteiger partial charge in [-0.25, -0.2) is 13.2 Å². The van der Waals surface area contributed by atoms with Gasteiger partial charge < -0.3 is 5.11 Å². The van der Waals surface area contributed by atoms with Gasteiger partial charge in [-0.15, -0.1) is 0 Å². The minimum atomic E-state index is -4.66. The number of aryl methyl sites for hydroxylation is 2. The van der Waals surface area contributed by atoms with Crippen LogP contribution in [0.3, 0.4) is 0 Å². The maximum Gasteiger partial charge on any atom is 0.416 e. The number of anilines is 1. The maximum absolute atomic E-state index is 12.9. The number of carboxylic acid groups (broad SMARTS) is 1. The van der Waals surface area contributed by atoms with Gasteiger partial charge in [0, 0.05) is 0 Å². The van der Waals surface area contributed by atoms with Crippen LogP contribution in [0.4, 0.5) is 18.9 Å². The second kappa shape index (κ2) is 8.81. The number of halogens is 3. The molecule has 2 N–H and O–H groups in total. The van der Waals surface area contributed by atoms with Crippen LogP contribution in [0.2, 0.25) is 0 Å². The second-order valence-electron chi connectivity index (χ2n) is 6.79. The minimum absolute atomic E-state index is 0.149. The summed E-state index contributed by atoms with van der Waals surface area (Å²) < 4.78 is 66.5. The zero-order valence-electron chi connectivity index (χ0n) is 16.1. The number of sulfonamides is 1. The zero-order chi connectivity index (χ0) is 22.6. The van der Waals surface area contributed by atoms with E-state index in [1.54, 1.807) is 30.3 Å². The van der Waals surface area contributed by atoms with Crippen molar-refractivity contribution in [1.29, 1.82) is 0 Å². The van der Waals surface area contributed by atoms with Gasteiger partial charge in [0.05, 0.1) is 21.7 Å². The molecule has 162 valence electrons. The third-order valence-corrected chi connectivity index (χ3v) is 5.95. The number of carbonyl (C=O) groups is 1. The molecule has 0 atom stereocenters. The number of rotatable bonds is 7. The molecule has 0 fully saturated rings. The number of benzene rings is 3. The van der Waals surface area contributed by atoms with Gasteiger partial charge >= 0.3 is 12.1 Å². The van der Waals surface area contributed by atoms with E-state index in [9.17, 15) is 26.4 Å². The van der Waals surface area contributed by atoms with Crippen LogP contribution in [-0.2, 0) is 29.0 Å². The molecule has 0 heterocycles. The van der Waals surface area contributed by atoms with E-state index in [-0.39, 0.29) is 11.3 Å². The Morgan fingerprint density at radius 2 is 1.61 bits per heavy atom. The molecular weight excluding hydrogens is 431 g/mol. The summed E-state index contributed by atoms with van der Waals surface area (Å²) in [6, 6.07) is 16.5. The normalized spacial score (nSPS) is 11.8. The van der Waals surface area contributed by atoms with E-state index in [1.165, 1.54) is 18.2 Å². The first-order chi connectivity index (χ1) is 14.6. The molecule has 31 heavy (non-hydrogen) atoms. The van der Waals surface area contributed by atoms with Crippen molar-refractivity contribution in [3.63, 3.8) is 0 Å². The Morgan fingerprint density at radius 3 is 2.32 bits per heavy atom. The highest BCUT2D eigenvalue weighted by Gasteiger charge is 2.31. The van der Waals surface area contributed by atoms with Crippen molar-refractivity contribution in [2.45, 2.75) is 23.9 Å². The third-order valence-electron chi connectivity index (χ3n) is 4.59. The van der Waals surface area contributed by atoms with Gasteiger partial charge in [-0.3, -0.25) is 4.72 Å². The molecule has 0 bridgehead atoms. The van der Waals surface area contributed by atoms with Gasteiger partial charge in [0.25, 0.3) is 10.0 Å². The highest BCUT2D eigenvalue weighted by atomic mass is 32.2. The fraction of sp³-hybridized carbons (Fsp3) is 0.136. The molecule has 0 aliphatic rings. The molecule has 0 saturated carbocycles. The highest BCUT2D eigenvalue weighted by Crippen LogP contribution is 2.31. The lowest BCUT2D eigenvalue weighted by atomic mass is 10.0. The molecule has 0 unspecified atom stereocenters. The quantitative estimate of drug-likeness (QED) is 0.532. The van der Waals surface area contributed by atoms with Crippen LogP contribution >= 0.6 is 0 Å². The Bertz CT molecular complexity index is 1210. The minimum Gasteiger partial charge on any atom is -0.478 e. The first-order valence-electron chi connectivity index (χ1n) is 9.16. The third kappa shape index (κ3) is 5.64. The van der Waals surface area contributed by atoms with Gasteiger partial charge in [0.15, 0.2) is 0 Å². The van der Waals surface area contributed by atoms with Crippen LogP contribution in [0.1, 0.15) is 27.0 Å². The molecule has 0 radical (unpaired) electrons. The monoisotopic (exact) mass is 449 g/mol. The van der Waals surface area contributed by atoms with E-state index in [1.807, 2.05) is 0 Å². The molecule has 0 aliphatic carbocycles. The molecule has 3 rings (SSSR count). The Hall–Kier alpha value is -3.33. The summed E-state index contributed by atoms with van der Waals surface area (Å²) in [5.41, 5.74) is 0.724. The first kappa shape index (κ1) is 22.4. The molecule has 0 aliphatic heterocycles. The lowest BCUT2D eigenvalue weighted by Crippen LogP contribution is -2.15. The van der Waals surface area contributed by atoms with Crippen LogP contribution < -0.4 is 4.72 Å². The van der Waals surface area contributed by atoms with E-state index in [2.05, 4.69) is 4.72 Å². The topological polar surface area (TPSA) is 83.5 Å². The largest absolute Gasteiger partial charge is 0.478 e. The highest BCUT2D eigenvalue weighted by molar-refractivity contribution is 7.92. The Labute approximate surface area is 177 Å². The Morgan fingerprint density at radius 1 is 0.903 bits per heavy atom. The van der Waals surface area contributed by atoms with Crippen molar-refractivity contribution >= 4 is 21.7 Å². The fourth-order valence-electron chi connectivity index (χ4n) is 3.02. The predicted octanol–water partition coefficient (Wildman–Crippen LogP) is 4.99. The van der Waals surface area contributed by atoms with E-state index in [0.29, 0.717) is 24.5 Å². The Balaban J connectivity index is 1.82. The summed E-state index contributed by atoms with van der Waals surface area (Å²) in [6.07, 6.45) is -3.82. The van der Waals surface area contributed by atoms with Crippen LogP contribution in [0, 0.1) is 0 Å². The molecule has 5 nitrogen and oxygen atoms in total. The zero-order valence-corrected chi connectivity index (χ0v) is 16.9. The number of hydrogen-bond acceptors (Lipinski definition) is 3. The van der Waals surface area contributed by atoms with Crippen molar-refractivity contribution in [3.8, 4) is 0 Å². The predicted molar refractivity (Wildman–Crippen MR) is 110 cm³/mol. The van der Waals surface area contributed by atoms with Crippen molar-refractivity contribution < 1.29 is 31.5 Å². The van der Waals surface area contributed by atoms with Crippen molar-refractivity contribution in [2.24, 2.45) is 0 Å². The number of hydrogen-bond donors (Lipinski definition) is 2. The summed E-state index contributed by atoms with van der Waals surface area (Å²) in [7, 11) is -4.25. The summed E-state index contributed by atoms with van der Waals surface area (Å²) in [6.45, 7) is 0.